The zero-order valence-corrected chi connectivity index (χ0v) is 27.0. The number of benzene rings is 6. The van der Waals surface area contributed by atoms with Crippen molar-refractivity contribution < 1.29 is 4.42 Å². The van der Waals surface area contributed by atoms with Crippen molar-refractivity contribution in [2.45, 2.75) is 13.1 Å². The summed E-state index contributed by atoms with van der Waals surface area (Å²) in [7, 11) is -2.05. The highest BCUT2D eigenvalue weighted by atomic mass is 28.3. The van der Waals surface area contributed by atoms with Gasteiger partial charge in [0.05, 0.1) is 33.5 Å². The summed E-state index contributed by atoms with van der Waals surface area (Å²) in [6, 6.07) is 49.3. The van der Waals surface area contributed by atoms with Crippen molar-refractivity contribution in [1.29, 1.82) is 0 Å². The Morgan fingerprint density at radius 3 is 2.11 bits per heavy atom. The average Bonchev–Trinajstić information content (AvgIpc) is 3.74. The SMILES string of the molecule is C[Si]1(C)c2ccccc2-c2nc(-c3ccccc3-n3c4ccccc4c4c5oc6ccccc6c5ccc43)nc(-c3ccccc3)c21. The van der Waals surface area contributed by atoms with Crippen molar-refractivity contribution in [2.75, 3.05) is 0 Å². The van der Waals surface area contributed by atoms with E-state index in [0.717, 1.165) is 77.8 Å². The fourth-order valence-corrected chi connectivity index (χ4v) is 11.1. The summed E-state index contributed by atoms with van der Waals surface area (Å²) in [5.41, 5.74) is 10.5. The first kappa shape index (κ1) is 26.4. The summed E-state index contributed by atoms with van der Waals surface area (Å²) in [6.45, 7) is 4.86. The van der Waals surface area contributed by atoms with Gasteiger partial charge in [-0.1, -0.05) is 116 Å². The van der Waals surface area contributed by atoms with E-state index in [-0.39, 0.29) is 0 Å². The van der Waals surface area contributed by atoms with Gasteiger partial charge in [-0.05, 0) is 52.3 Å². The minimum atomic E-state index is -2.05. The predicted molar refractivity (Wildman–Crippen MR) is 197 cm³/mol. The molecule has 0 saturated heterocycles. The quantitative estimate of drug-likeness (QED) is 0.185. The second-order valence-corrected chi connectivity index (χ2v) is 17.2. The normalized spacial score (nSPS) is 13.5. The molecule has 1 aliphatic rings. The number of hydrogen-bond acceptors (Lipinski definition) is 3. The van der Waals surface area contributed by atoms with Crippen LogP contribution in [0.25, 0.3) is 83.3 Å². The average molecular weight is 620 g/mol. The highest BCUT2D eigenvalue weighted by Crippen LogP contribution is 2.42. The molecular formula is C42H29N3OSi. The number of furan rings is 1. The summed E-state index contributed by atoms with van der Waals surface area (Å²) in [4.78, 5) is 10.9. The Morgan fingerprint density at radius 2 is 1.23 bits per heavy atom. The highest BCUT2D eigenvalue weighted by molar-refractivity contribution is 7.04. The van der Waals surface area contributed by atoms with Crippen LogP contribution in [0.1, 0.15) is 0 Å². The van der Waals surface area contributed by atoms with Gasteiger partial charge in [0.1, 0.15) is 19.2 Å². The number of fused-ring (bicyclic) bond motifs is 10. The highest BCUT2D eigenvalue weighted by Gasteiger charge is 2.41. The van der Waals surface area contributed by atoms with E-state index in [9.17, 15) is 0 Å². The Balaban J connectivity index is 1.29. The minimum Gasteiger partial charge on any atom is -0.455 e. The maximum Gasteiger partial charge on any atom is 0.162 e. The Kier molecular flexibility index (Phi) is 5.41. The van der Waals surface area contributed by atoms with Crippen molar-refractivity contribution in [2.24, 2.45) is 0 Å². The molecule has 0 unspecified atom stereocenters. The van der Waals surface area contributed by atoms with E-state index in [1.165, 1.54) is 15.9 Å². The van der Waals surface area contributed by atoms with Crippen LogP contribution in [0.15, 0.2) is 144 Å². The number of rotatable bonds is 3. The molecule has 0 amide bonds. The van der Waals surface area contributed by atoms with Crippen LogP contribution < -0.4 is 10.4 Å². The van der Waals surface area contributed by atoms with Crippen LogP contribution in [0.4, 0.5) is 0 Å². The third-order valence-corrected chi connectivity index (χ3v) is 13.5. The number of nitrogens with zero attached hydrogens (tertiary/aromatic N) is 3. The molecule has 0 bridgehead atoms. The smallest absolute Gasteiger partial charge is 0.162 e. The van der Waals surface area contributed by atoms with Crippen molar-refractivity contribution >= 4 is 62.2 Å². The lowest BCUT2D eigenvalue weighted by molar-refractivity contribution is 0.673. The van der Waals surface area contributed by atoms with Gasteiger partial charge < -0.3 is 8.98 Å². The first-order valence-electron chi connectivity index (χ1n) is 16.1. The standard InChI is InChI=1S/C42H29N3OSi/c1-47(2)36-23-13-9-19-31(36)39-41(47)38(26-14-4-3-5-15-26)43-42(44-39)30-18-7-11-21-33(30)45-32-20-10-6-17-29(32)37-34(45)25-24-28-27-16-8-12-22-35(27)46-40(28)37/h3-25H,1-2H3. The fourth-order valence-electron chi connectivity index (χ4n) is 7.89. The van der Waals surface area contributed by atoms with Crippen LogP contribution in [0.3, 0.4) is 0 Å². The Morgan fingerprint density at radius 1 is 0.553 bits per heavy atom. The lowest BCUT2D eigenvalue weighted by Gasteiger charge is -2.22. The third kappa shape index (κ3) is 3.63. The molecule has 4 nitrogen and oxygen atoms in total. The van der Waals surface area contributed by atoms with Gasteiger partial charge in [-0.3, -0.25) is 0 Å². The molecule has 3 aromatic heterocycles. The van der Waals surface area contributed by atoms with Crippen LogP contribution >= 0.6 is 0 Å². The van der Waals surface area contributed by atoms with Gasteiger partial charge in [0.15, 0.2) is 5.82 Å². The topological polar surface area (TPSA) is 43.9 Å². The van der Waals surface area contributed by atoms with Gasteiger partial charge >= 0.3 is 0 Å². The van der Waals surface area contributed by atoms with Crippen molar-refractivity contribution in [3.63, 3.8) is 0 Å². The summed E-state index contributed by atoms with van der Waals surface area (Å²) < 4.78 is 8.93. The zero-order valence-electron chi connectivity index (χ0n) is 26.0. The lowest BCUT2D eigenvalue weighted by Crippen LogP contribution is -2.50. The molecule has 222 valence electrons. The Labute approximate surface area is 272 Å². The van der Waals surface area contributed by atoms with Crippen molar-refractivity contribution in [3.05, 3.63) is 140 Å². The molecule has 10 rings (SSSR count). The molecule has 0 N–H and O–H groups in total. The summed E-state index contributed by atoms with van der Waals surface area (Å²) >= 11 is 0. The van der Waals surface area contributed by atoms with Crippen molar-refractivity contribution in [1.82, 2.24) is 14.5 Å². The molecule has 5 heteroatoms. The number of aromatic nitrogens is 3. The molecule has 4 heterocycles. The molecule has 0 atom stereocenters. The van der Waals surface area contributed by atoms with Gasteiger partial charge in [0, 0.05) is 27.3 Å². The Hall–Kier alpha value is -5.78. The predicted octanol–water partition coefficient (Wildman–Crippen LogP) is 9.61. The van der Waals surface area contributed by atoms with E-state index in [1.807, 2.05) is 12.1 Å². The summed E-state index contributed by atoms with van der Waals surface area (Å²) in [6.07, 6.45) is 0. The van der Waals surface area contributed by atoms with Crippen LogP contribution in [0.5, 0.6) is 0 Å². The fraction of sp³-hybridized carbons (Fsp3) is 0.0476. The van der Waals surface area contributed by atoms with E-state index in [0.29, 0.717) is 0 Å². The number of para-hydroxylation sites is 3. The molecule has 1 aliphatic heterocycles. The minimum absolute atomic E-state index is 0.732. The Bertz CT molecular complexity index is 2720. The van der Waals surface area contributed by atoms with Gasteiger partial charge in [0.25, 0.3) is 0 Å². The first-order valence-corrected chi connectivity index (χ1v) is 19.1. The third-order valence-electron chi connectivity index (χ3n) is 10.0. The number of hydrogen-bond donors (Lipinski definition) is 0. The second kappa shape index (κ2) is 9.61. The van der Waals surface area contributed by atoms with Gasteiger partial charge in [-0.25, -0.2) is 9.97 Å². The summed E-state index contributed by atoms with van der Waals surface area (Å²) in [5.74, 6) is 0.732. The lowest BCUT2D eigenvalue weighted by atomic mass is 10.1. The maximum atomic E-state index is 6.57. The van der Waals surface area contributed by atoms with Gasteiger partial charge in [0.2, 0.25) is 0 Å². The van der Waals surface area contributed by atoms with Crippen LogP contribution in [-0.4, -0.2) is 22.6 Å². The molecule has 0 spiro atoms. The molecule has 9 aromatic rings. The summed E-state index contributed by atoms with van der Waals surface area (Å²) in [5, 5.41) is 7.27. The van der Waals surface area contributed by atoms with Crippen LogP contribution in [-0.2, 0) is 0 Å². The van der Waals surface area contributed by atoms with Crippen molar-refractivity contribution in [3.8, 4) is 39.6 Å². The molecule has 0 aliphatic carbocycles. The molecular weight excluding hydrogens is 591 g/mol. The van der Waals surface area contributed by atoms with E-state index in [1.54, 1.807) is 0 Å². The monoisotopic (exact) mass is 619 g/mol. The van der Waals surface area contributed by atoms with E-state index < -0.39 is 8.07 Å². The molecule has 0 fully saturated rings. The molecule has 47 heavy (non-hydrogen) atoms. The molecule has 6 aromatic carbocycles. The largest absolute Gasteiger partial charge is 0.455 e. The first-order chi connectivity index (χ1) is 23.1. The van der Waals surface area contributed by atoms with E-state index in [2.05, 4.69) is 145 Å². The molecule has 0 saturated carbocycles. The zero-order chi connectivity index (χ0) is 31.3. The molecule has 0 radical (unpaired) electrons. The van der Waals surface area contributed by atoms with E-state index >= 15 is 0 Å². The van der Waals surface area contributed by atoms with Gasteiger partial charge in [-0.15, -0.1) is 0 Å². The van der Waals surface area contributed by atoms with Gasteiger partial charge in [-0.2, -0.15) is 0 Å². The van der Waals surface area contributed by atoms with Crippen LogP contribution in [0.2, 0.25) is 13.1 Å². The second-order valence-electron chi connectivity index (χ2n) is 13.0. The van der Waals surface area contributed by atoms with E-state index in [4.69, 9.17) is 14.4 Å². The maximum absolute atomic E-state index is 6.57. The van der Waals surface area contributed by atoms with Crippen LogP contribution in [0, 0.1) is 0 Å².